The molecular weight excluding hydrogens is 391 g/mol. The summed E-state index contributed by atoms with van der Waals surface area (Å²) in [5.41, 5.74) is 5.76. The van der Waals surface area contributed by atoms with Crippen LogP contribution in [0.25, 0.3) is 0 Å². The highest BCUT2D eigenvalue weighted by Gasteiger charge is 2.24. The van der Waals surface area contributed by atoms with Gasteiger partial charge in [-0.1, -0.05) is 6.07 Å². The molecule has 8 nitrogen and oxygen atoms in total. The van der Waals surface area contributed by atoms with E-state index < -0.39 is 23.7 Å². The predicted octanol–water partition coefficient (Wildman–Crippen LogP) is 2.61. The summed E-state index contributed by atoms with van der Waals surface area (Å²) in [6.07, 6.45) is 0.984. The van der Waals surface area contributed by atoms with Gasteiger partial charge in [-0.2, -0.15) is 9.65 Å². The molecule has 0 unspecified atom stereocenters. The van der Waals surface area contributed by atoms with Gasteiger partial charge in [-0.15, -0.1) is 5.06 Å². The second-order valence-electron chi connectivity index (χ2n) is 5.95. The number of primary amides is 1. The molecule has 0 bridgehead atoms. The van der Waals surface area contributed by atoms with Crippen LogP contribution < -0.4 is 10.8 Å². The number of aromatic nitrogens is 1. The lowest BCUT2D eigenvalue weighted by atomic mass is 10.1. The normalized spacial score (nSPS) is 10.0. The number of carbonyl (C=O) groups excluding carboxylic acids is 3. The number of nitrogens with two attached hydrogens (primary N) is 1. The van der Waals surface area contributed by atoms with E-state index in [0.29, 0.717) is 10.6 Å². The average molecular weight is 404 g/mol. The first kappa shape index (κ1) is 20.2. The number of rotatable bonds is 4. The first-order valence-electron chi connectivity index (χ1n) is 8.47. The zero-order valence-electron chi connectivity index (χ0n) is 15.3. The van der Waals surface area contributed by atoms with E-state index in [1.807, 2.05) is 6.07 Å². The molecular formula is C21H13FN4O4. The molecule has 0 radical (unpaired) electrons. The zero-order valence-corrected chi connectivity index (χ0v) is 15.3. The highest BCUT2D eigenvalue weighted by atomic mass is 19.1. The minimum Gasteiger partial charge on any atom is -0.366 e. The maximum absolute atomic E-state index is 13.1. The van der Waals surface area contributed by atoms with Crippen LogP contribution in [0, 0.1) is 17.3 Å². The lowest BCUT2D eigenvalue weighted by Crippen LogP contribution is -2.34. The van der Waals surface area contributed by atoms with Crippen LogP contribution in [0.2, 0.25) is 0 Å². The minimum atomic E-state index is -0.896. The van der Waals surface area contributed by atoms with Gasteiger partial charge in [-0.25, -0.2) is 9.78 Å². The van der Waals surface area contributed by atoms with Crippen LogP contribution >= 0.6 is 0 Å². The van der Waals surface area contributed by atoms with Gasteiger partial charge < -0.3 is 10.6 Å². The number of benzene rings is 2. The quantitative estimate of drug-likeness (QED) is 0.526. The summed E-state index contributed by atoms with van der Waals surface area (Å²) in [4.78, 5) is 45.7. The van der Waals surface area contributed by atoms with E-state index in [1.54, 1.807) is 0 Å². The van der Waals surface area contributed by atoms with Crippen molar-refractivity contribution in [1.82, 2.24) is 4.98 Å². The van der Waals surface area contributed by atoms with Gasteiger partial charge in [0.2, 0.25) is 11.9 Å². The van der Waals surface area contributed by atoms with Gasteiger partial charge in [-0.3, -0.25) is 9.59 Å². The number of halogens is 1. The van der Waals surface area contributed by atoms with E-state index in [-0.39, 0.29) is 22.4 Å². The summed E-state index contributed by atoms with van der Waals surface area (Å²) >= 11 is 0. The highest BCUT2D eigenvalue weighted by molar-refractivity contribution is 6.07. The Bertz CT molecular complexity index is 1150. The predicted molar refractivity (Wildman–Crippen MR) is 103 cm³/mol. The monoisotopic (exact) mass is 404 g/mol. The van der Waals surface area contributed by atoms with Crippen LogP contribution in [0.15, 0.2) is 66.9 Å². The van der Waals surface area contributed by atoms with Gasteiger partial charge in [0.25, 0.3) is 5.91 Å². The second kappa shape index (κ2) is 8.62. The van der Waals surface area contributed by atoms with E-state index in [9.17, 15) is 18.8 Å². The Kier molecular flexibility index (Phi) is 5.79. The number of hydroxylamine groups is 1. The summed E-state index contributed by atoms with van der Waals surface area (Å²) in [5.74, 6) is -3.26. The smallest absolute Gasteiger partial charge is 0.363 e. The van der Waals surface area contributed by atoms with Crippen LogP contribution in [0.4, 0.5) is 10.1 Å². The molecule has 30 heavy (non-hydrogen) atoms. The number of hydrogen-bond donors (Lipinski definition) is 1. The SMILES string of the molecule is N#Cc1ccc(C(=O)ON(C(=O)c2ccc(F)nc2)c2cccc(C(N)=O)c2)cc1. The number of carbonyl (C=O) groups is 3. The molecule has 3 rings (SSSR count). The molecule has 148 valence electrons. The summed E-state index contributed by atoms with van der Waals surface area (Å²) in [7, 11) is 0. The molecule has 3 aromatic rings. The molecule has 0 atom stereocenters. The molecule has 2 amide bonds. The van der Waals surface area contributed by atoms with E-state index in [4.69, 9.17) is 15.8 Å². The third-order valence-electron chi connectivity index (χ3n) is 3.95. The summed E-state index contributed by atoms with van der Waals surface area (Å²) in [6, 6.07) is 15.2. The molecule has 9 heteroatoms. The fourth-order valence-corrected chi connectivity index (χ4v) is 2.43. The van der Waals surface area contributed by atoms with Gasteiger partial charge >= 0.3 is 5.97 Å². The Labute approximate surface area is 169 Å². The van der Waals surface area contributed by atoms with Gasteiger partial charge in [0.1, 0.15) is 0 Å². The molecule has 2 aromatic carbocycles. The Morgan fingerprint density at radius 2 is 1.70 bits per heavy atom. The van der Waals surface area contributed by atoms with Crippen molar-refractivity contribution in [3.8, 4) is 6.07 Å². The van der Waals surface area contributed by atoms with Crippen LogP contribution in [-0.4, -0.2) is 22.8 Å². The van der Waals surface area contributed by atoms with Crippen molar-refractivity contribution < 1.29 is 23.6 Å². The topological polar surface area (TPSA) is 126 Å². The van der Waals surface area contributed by atoms with Crippen LogP contribution in [0.3, 0.4) is 0 Å². The average Bonchev–Trinajstić information content (AvgIpc) is 2.77. The van der Waals surface area contributed by atoms with E-state index in [1.165, 1.54) is 54.6 Å². The molecule has 1 aromatic heterocycles. The first-order chi connectivity index (χ1) is 14.4. The lowest BCUT2D eigenvalue weighted by Gasteiger charge is -2.21. The number of hydrogen-bond acceptors (Lipinski definition) is 6. The van der Waals surface area contributed by atoms with Crippen molar-refractivity contribution in [2.75, 3.05) is 5.06 Å². The van der Waals surface area contributed by atoms with Gasteiger partial charge in [-0.05, 0) is 54.6 Å². The van der Waals surface area contributed by atoms with Gasteiger partial charge in [0.05, 0.1) is 28.4 Å². The van der Waals surface area contributed by atoms with Crippen molar-refractivity contribution in [2.45, 2.75) is 0 Å². The second-order valence-corrected chi connectivity index (χ2v) is 5.95. The molecule has 0 aliphatic heterocycles. The Balaban J connectivity index is 1.98. The number of anilines is 1. The largest absolute Gasteiger partial charge is 0.366 e. The molecule has 0 fully saturated rings. The Morgan fingerprint density at radius 3 is 2.30 bits per heavy atom. The van der Waals surface area contributed by atoms with Crippen molar-refractivity contribution in [3.63, 3.8) is 0 Å². The fourth-order valence-electron chi connectivity index (χ4n) is 2.43. The van der Waals surface area contributed by atoms with Crippen molar-refractivity contribution >= 4 is 23.5 Å². The third kappa shape index (κ3) is 4.45. The van der Waals surface area contributed by atoms with Crippen molar-refractivity contribution in [2.24, 2.45) is 5.73 Å². The van der Waals surface area contributed by atoms with E-state index in [2.05, 4.69) is 4.98 Å². The van der Waals surface area contributed by atoms with Crippen LogP contribution in [0.5, 0.6) is 0 Å². The first-order valence-corrected chi connectivity index (χ1v) is 8.47. The molecule has 2 N–H and O–H groups in total. The number of amides is 2. The summed E-state index contributed by atoms with van der Waals surface area (Å²) in [5, 5.41) is 9.52. The number of nitriles is 1. The highest BCUT2D eigenvalue weighted by Crippen LogP contribution is 2.21. The molecule has 0 saturated carbocycles. The van der Waals surface area contributed by atoms with Crippen molar-refractivity contribution in [3.05, 3.63) is 95.1 Å². The van der Waals surface area contributed by atoms with Gasteiger partial charge in [0.15, 0.2) is 0 Å². The van der Waals surface area contributed by atoms with E-state index in [0.717, 1.165) is 12.3 Å². The Morgan fingerprint density at radius 1 is 1.00 bits per heavy atom. The number of nitrogens with zero attached hydrogens (tertiary/aromatic N) is 3. The summed E-state index contributed by atoms with van der Waals surface area (Å²) < 4.78 is 13.1. The van der Waals surface area contributed by atoms with Gasteiger partial charge in [0, 0.05) is 11.8 Å². The summed E-state index contributed by atoms with van der Waals surface area (Å²) in [6.45, 7) is 0. The number of pyridine rings is 1. The lowest BCUT2D eigenvalue weighted by molar-refractivity contribution is 0.0409. The van der Waals surface area contributed by atoms with Crippen molar-refractivity contribution in [1.29, 1.82) is 5.26 Å². The van der Waals surface area contributed by atoms with Crippen LogP contribution in [0.1, 0.15) is 36.6 Å². The van der Waals surface area contributed by atoms with E-state index >= 15 is 0 Å². The maximum Gasteiger partial charge on any atom is 0.363 e. The molecule has 1 heterocycles. The molecule has 0 saturated heterocycles. The van der Waals surface area contributed by atoms with Crippen LogP contribution in [-0.2, 0) is 4.84 Å². The molecule has 0 spiro atoms. The zero-order chi connectivity index (χ0) is 21.7. The Hall–Kier alpha value is -4.58. The standard InChI is InChI=1S/C21H13FN4O4/c22-18-9-8-16(12-25-18)20(28)26(17-3-1-2-15(10-17)19(24)27)30-21(29)14-6-4-13(11-23)5-7-14/h1-10,12H,(H2,24,27). The molecule has 0 aliphatic carbocycles. The third-order valence-corrected chi connectivity index (χ3v) is 3.95. The fraction of sp³-hybridized carbons (Fsp3) is 0. The maximum atomic E-state index is 13.1. The minimum absolute atomic E-state index is 0.0441. The molecule has 0 aliphatic rings.